The third-order valence-electron chi connectivity index (χ3n) is 9.77. The molecular formula is C43H53N3O5S2. The van der Waals surface area contributed by atoms with Crippen LogP contribution in [0.5, 0.6) is 0 Å². The minimum Gasteiger partial charge on any atom is -0.444 e. The average Bonchev–Trinajstić information content (AvgIpc) is 3.12. The van der Waals surface area contributed by atoms with E-state index in [-0.39, 0.29) is 23.7 Å². The number of ether oxygens (including phenoxy) is 1. The minimum absolute atomic E-state index is 0.00227. The molecule has 4 aromatic rings. The van der Waals surface area contributed by atoms with Gasteiger partial charge < -0.3 is 15.0 Å². The lowest BCUT2D eigenvalue weighted by Crippen LogP contribution is -2.58. The Balaban J connectivity index is 1.49. The molecule has 0 spiro atoms. The summed E-state index contributed by atoms with van der Waals surface area (Å²) in [5.41, 5.74) is 5.32. The number of hydrogen-bond acceptors (Lipinski definition) is 7. The molecule has 0 aromatic heterocycles. The van der Waals surface area contributed by atoms with E-state index >= 15 is 0 Å². The highest BCUT2D eigenvalue weighted by molar-refractivity contribution is 8.00. The van der Waals surface area contributed by atoms with E-state index < -0.39 is 26.3 Å². The van der Waals surface area contributed by atoms with Crippen LogP contribution < -0.4 is 5.32 Å². The van der Waals surface area contributed by atoms with Crippen molar-refractivity contribution in [3.63, 3.8) is 0 Å². The summed E-state index contributed by atoms with van der Waals surface area (Å²) in [5.74, 6) is 0.461. The molecule has 2 amide bonds. The molecule has 4 aromatic carbocycles. The molecule has 0 aliphatic carbocycles. The highest BCUT2D eigenvalue weighted by Gasteiger charge is 2.39. The summed E-state index contributed by atoms with van der Waals surface area (Å²) in [6.45, 7) is 11.3. The maximum absolute atomic E-state index is 13.9. The first-order valence-electron chi connectivity index (χ1n) is 18.2. The van der Waals surface area contributed by atoms with E-state index in [9.17, 15) is 18.0 Å². The van der Waals surface area contributed by atoms with Crippen LogP contribution in [0.3, 0.4) is 0 Å². The number of nitrogens with one attached hydrogen (secondary N) is 1. The maximum Gasteiger partial charge on any atom is 0.407 e. The zero-order chi connectivity index (χ0) is 38.2. The number of amides is 2. The van der Waals surface area contributed by atoms with E-state index in [0.29, 0.717) is 43.9 Å². The molecule has 1 fully saturated rings. The number of hydrogen-bond donors (Lipinski definition) is 1. The van der Waals surface area contributed by atoms with Gasteiger partial charge >= 0.3 is 6.09 Å². The highest BCUT2D eigenvalue weighted by Crippen LogP contribution is 2.48. The normalized spacial score (nSPS) is 16.2. The van der Waals surface area contributed by atoms with Crippen molar-refractivity contribution in [3.8, 4) is 0 Å². The van der Waals surface area contributed by atoms with Gasteiger partial charge in [-0.3, -0.25) is 9.69 Å². The number of nitrogens with zero attached hydrogens (tertiary/aromatic N) is 2. The number of alkyl carbamates (subject to hydrolysis) is 1. The van der Waals surface area contributed by atoms with E-state index in [4.69, 9.17) is 4.74 Å². The molecular weight excluding hydrogens is 703 g/mol. The molecule has 0 bridgehead atoms. The molecule has 1 aliphatic rings. The highest BCUT2D eigenvalue weighted by atomic mass is 32.2. The fraction of sp³-hybridized carbons (Fsp3) is 0.395. The van der Waals surface area contributed by atoms with E-state index in [0.717, 1.165) is 27.8 Å². The van der Waals surface area contributed by atoms with Gasteiger partial charge in [-0.1, -0.05) is 103 Å². The van der Waals surface area contributed by atoms with Crippen LogP contribution in [0.1, 0.15) is 65.4 Å². The number of aryl methyl sites for hydroxylation is 1. The van der Waals surface area contributed by atoms with Crippen molar-refractivity contribution in [1.29, 1.82) is 0 Å². The summed E-state index contributed by atoms with van der Waals surface area (Å²) in [5, 5.41) is 3.19. The second-order valence-corrected chi connectivity index (χ2v) is 18.5. The summed E-state index contributed by atoms with van der Waals surface area (Å²) in [6.07, 6.45) is 1.10. The second-order valence-electron chi connectivity index (χ2n) is 15.0. The fourth-order valence-corrected chi connectivity index (χ4v) is 9.23. The van der Waals surface area contributed by atoms with Crippen LogP contribution in [0, 0.1) is 13.8 Å². The van der Waals surface area contributed by atoms with Crippen molar-refractivity contribution in [2.45, 2.75) is 63.5 Å². The number of rotatable bonds is 13. The number of benzene rings is 4. The molecule has 1 N–H and O–H groups in total. The van der Waals surface area contributed by atoms with Crippen molar-refractivity contribution in [3.05, 3.63) is 143 Å². The average molecular weight is 756 g/mol. The third kappa shape index (κ3) is 10.5. The van der Waals surface area contributed by atoms with Gasteiger partial charge in [-0.25, -0.2) is 13.2 Å². The van der Waals surface area contributed by atoms with Crippen LogP contribution in [-0.2, 0) is 19.3 Å². The van der Waals surface area contributed by atoms with Gasteiger partial charge in [-0.05, 0) is 74.9 Å². The number of carbonyl (C=O) groups excluding carboxylic acids is 2. The van der Waals surface area contributed by atoms with Gasteiger partial charge in [0.05, 0.1) is 16.5 Å². The van der Waals surface area contributed by atoms with Gasteiger partial charge in [-0.15, -0.1) is 11.8 Å². The summed E-state index contributed by atoms with van der Waals surface area (Å²) in [6, 6.07) is 36.4. The number of thioether (sulfide) groups is 1. The first-order valence-corrected chi connectivity index (χ1v) is 21.3. The van der Waals surface area contributed by atoms with Gasteiger partial charge in [0.2, 0.25) is 0 Å². The van der Waals surface area contributed by atoms with Gasteiger partial charge in [0.1, 0.15) is 15.4 Å². The van der Waals surface area contributed by atoms with Crippen LogP contribution in [0.4, 0.5) is 4.79 Å². The summed E-state index contributed by atoms with van der Waals surface area (Å²) >= 11 is 1.75. The number of sulfone groups is 1. The van der Waals surface area contributed by atoms with Crippen LogP contribution in [0.25, 0.3) is 0 Å². The summed E-state index contributed by atoms with van der Waals surface area (Å²) in [7, 11) is -3.26. The van der Waals surface area contributed by atoms with E-state index in [1.54, 1.807) is 11.8 Å². The molecule has 1 aliphatic heterocycles. The molecule has 0 saturated carbocycles. The summed E-state index contributed by atoms with van der Waals surface area (Å²) in [4.78, 5) is 31.4. The maximum atomic E-state index is 13.9. The standard InChI is InChI=1S/C43H53N3O5S2/c1-32-17-16-24-39(33(32)2)40(47)46-27-26-45(38(30-46)25-28-53(6,49)50)29-37(44-41(48)51-42(3,4)5)31-52-43(34-18-10-7-11-19-34,35-20-12-8-13-21-35)36-22-14-9-15-23-36/h7-24,37-38H,25-31H2,1-6H3,(H,44,48)/t37-,38+/m1/s1. The molecule has 282 valence electrons. The van der Waals surface area contributed by atoms with Crippen molar-refractivity contribution >= 4 is 33.6 Å². The third-order valence-corrected chi connectivity index (χ3v) is 12.5. The van der Waals surface area contributed by atoms with Gasteiger partial charge in [0.15, 0.2) is 0 Å². The lowest BCUT2D eigenvalue weighted by atomic mass is 9.84. The Bertz CT molecular complexity index is 1840. The Labute approximate surface area is 320 Å². The Morgan fingerprint density at radius 3 is 1.89 bits per heavy atom. The molecule has 1 heterocycles. The first kappa shape index (κ1) is 40.1. The predicted octanol–water partition coefficient (Wildman–Crippen LogP) is 7.48. The molecule has 0 radical (unpaired) electrons. The Morgan fingerprint density at radius 1 is 0.830 bits per heavy atom. The van der Waals surface area contributed by atoms with Gasteiger partial charge in [0, 0.05) is 49.8 Å². The molecule has 1 saturated heterocycles. The predicted molar refractivity (Wildman–Crippen MR) is 216 cm³/mol. The summed E-state index contributed by atoms with van der Waals surface area (Å²) < 4.78 is 30.0. The second kappa shape index (κ2) is 17.3. The van der Waals surface area contributed by atoms with Gasteiger partial charge in [-0.2, -0.15) is 0 Å². The minimum atomic E-state index is -3.26. The van der Waals surface area contributed by atoms with E-state index in [2.05, 4.69) is 83.0 Å². The van der Waals surface area contributed by atoms with Gasteiger partial charge in [0.25, 0.3) is 5.91 Å². The smallest absolute Gasteiger partial charge is 0.407 e. The zero-order valence-corrected chi connectivity index (χ0v) is 33.4. The van der Waals surface area contributed by atoms with Crippen LogP contribution >= 0.6 is 11.8 Å². The lowest BCUT2D eigenvalue weighted by molar-refractivity contribution is 0.0397. The molecule has 8 nitrogen and oxygen atoms in total. The van der Waals surface area contributed by atoms with E-state index in [1.807, 2.05) is 75.9 Å². The SMILES string of the molecule is Cc1cccc(C(=O)N2CCN(C[C@H](CSC(c3ccccc3)(c3ccccc3)c3ccccc3)NC(=O)OC(C)(C)C)[C@@H](CCS(C)(=O)=O)C2)c1C. The molecule has 10 heteroatoms. The molecule has 5 rings (SSSR count). The molecule has 53 heavy (non-hydrogen) atoms. The van der Waals surface area contributed by atoms with Crippen molar-refractivity contribution in [1.82, 2.24) is 15.1 Å². The van der Waals surface area contributed by atoms with Crippen molar-refractivity contribution < 1.29 is 22.7 Å². The topological polar surface area (TPSA) is 96.0 Å². The van der Waals surface area contributed by atoms with E-state index in [1.165, 1.54) is 6.26 Å². The largest absolute Gasteiger partial charge is 0.444 e. The Hall–Kier alpha value is -4.12. The monoisotopic (exact) mass is 755 g/mol. The number of piperazine rings is 1. The lowest BCUT2D eigenvalue weighted by Gasteiger charge is -2.43. The van der Waals surface area contributed by atoms with Crippen molar-refractivity contribution in [2.75, 3.05) is 43.9 Å². The fourth-order valence-electron chi connectivity index (χ4n) is 6.99. The zero-order valence-electron chi connectivity index (χ0n) is 31.7. The first-order chi connectivity index (χ1) is 25.2. The Morgan fingerprint density at radius 2 is 1.38 bits per heavy atom. The van der Waals surface area contributed by atoms with Crippen LogP contribution in [0.15, 0.2) is 109 Å². The molecule has 2 atom stereocenters. The van der Waals surface area contributed by atoms with Crippen LogP contribution in [-0.4, -0.2) is 91.8 Å². The quantitative estimate of drug-likeness (QED) is 0.142. The van der Waals surface area contributed by atoms with Crippen LogP contribution in [0.2, 0.25) is 0 Å². The van der Waals surface area contributed by atoms with Crippen molar-refractivity contribution in [2.24, 2.45) is 0 Å². The Kier molecular flexibility index (Phi) is 13.1. The number of carbonyl (C=O) groups is 2. The molecule has 0 unspecified atom stereocenters.